The second-order valence-corrected chi connectivity index (χ2v) is 5.55. The van der Waals surface area contributed by atoms with Crippen molar-refractivity contribution in [2.24, 2.45) is 0 Å². The molecule has 1 aromatic carbocycles. The van der Waals surface area contributed by atoms with Gasteiger partial charge in [-0.05, 0) is 51.5 Å². The summed E-state index contributed by atoms with van der Waals surface area (Å²) in [5, 5.41) is 3.01. The van der Waals surface area contributed by atoms with Gasteiger partial charge >= 0.3 is 0 Å². The summed E-state index contributed by atoms with van der Waals surface area (Å²) in [7, 11) is 0. The SMILES string of the molecule is CCOc1cc(OCC)cc(C(=O)NC(C)CCc2ccco2)c1. The van der Waals surface area contributed by atoms with Crippen molar-refractivity contribution in [2.45, 2.75) is 39.7 Å². The minimum Gasteiger partial charge on any atom is -0.494 e. The van der Waals surface area contributed by atoms with Gasteiger partial charge in [-0.1, -0.05) is 0 Å². The molecule has 0 bridgehead atoms. The number of aryl methyl sites for hydroxylation is 1. The molecule has 2 rings (SSSR count). The number of benzene rings is 1. The molecule has 1 aromatic heterocycles. The number of hydrogen-bond acceptors (Lipinski definition) is 4. The average molecular weight is 331 g/mol. The molecule has 1 amide bonds. The number of rotatable bonds is 9. The molecule has 1 atom stereocenters. The van der Waals surface area contributed by atoms with E-state index in [1.165, 1.54) is 0 Å². The molecule has 5 nitrogen and oxygen atoms in total. The van der Waals surface area contributed by atoms with Crippen LogP contribution >= 0.6 is 0 Å². The third-order valence-electron chi connectivity index (χ3n) is 3.55. The van der Waals surface area contributed by atoms with Gasteiger partial charge in [0.1, 0.15) is 17.3 Å². The normalized spacial score (nSPS) is 11.8. The van der Waals surface area contributed by atoms with Crippen LogP contribution in [0.5, 0.6) is 11.5 Å². The smallest absolute Gasteiger partial charge is 0.251 e. The highest BCUT2D eigenvalue weighted by Gasteiger charge is 2.13. The standard InChI is InChI=1S/C19H25NO4/c1-4-22-17-11-15(12-18(13-17)23-5-2)19(21)20-14(3)8-9-16-7-6-10-24-16/h6-7,10-14H,4-5,8-9H2,1-3H3,(H,20,21). The van der Waals surface area contributed by atoms with Crippen molar-refractivity contribution in [3.05, 3.63) is 47.9 Å². The molecule has 24 heavy (non-hydrogen) atoms. The molecular weight excluding hydrogens is 306 g/mol. The molecule has 0 radical (unpaired) electrons. The Bertz CT molecular complexity index is 613. The summed E-state index contributed by atoms with van der Waals surface area (Å²) in [5.41, 5.74) is 0.536. The van der Waals surface area contributed by atoms with Crippen LogP contribution < -0.4 is 14.8 Å². The minimum atomic E-state index is -0.135. The molecular formula is C19H25NO4. The summed E-state index contributed by atoms with van der Waals surface area (Å²) in [6, 6.07) is 9.11. The van der Waals surface area contributed by atoms with Gasteiger partial charge in [0, 0.05) is 24.1 Å². The maximum Gasteiger partial charge on any atom is 0.251 e. The first-order valence-electron chi connectivity index (χ1n) is 8.36. The highest BCUT2D eigenvalue weighted by atomic mass is 16.5. The molecule has 130 valence electrons. The molecule has 1 unspecified atom stereocenters. The second-order valence-electron chi connectivity index (χ2n) is 5.55. The van der Waals surface area contributed by atoms with Crippen molar-refractivity contribution in [3.63, 3.8) is 0 Å². The Kier molecular flexibility index (Phi) is 6.73. The minimum absolute atomic E-state index is 0.0360. The van der Waals surface area contributed by atoms with Gasteiger partial charge in [0.2, 0.25) is 0 Å². The zero-order valence-corrected chi connectivity index (χ0v) is 14.5. The lowest BCUT2D eigenvalue weighted by molar-refractivity contribution is 0.0937. The Morgan fingerprint density at radius 3 is 2.38 bits per heavy atom. The number of hydrogen-bond donors (Lipinski definition) is 1. The van der Waals surface area contributed by atoms with E-state index < -0.39 is 0 Å². The fourth-order valence-electron chi connectivity index (χ4n) is 2.40. The Morgan fingerprint density at radius 2 is 1.83 bits per heavy atom. The number of carbonyl (C=O) groups excluding carboxylic acids is 1. The van der Waals surface area contributed by atoms with Gasteiger partial charge in [-0.2, -0.15) is 0 Å². The zero-order chi connectivity index (χ0) is 17.4. The lowest BCUT2D eigenvalue weighted by Crippen LogP contribution is -2.32. The predicted molar refractivity (Wildman–Crippen MR) is 92.7 cm³/mol. The van der Waals surface area contributed by atoms with Gasteiger partial charge in [-0.15, -0.1) is 0 Å². The number of carbonyl (C=O) groups is 1. The fraction of sp³-hybridized carbons (Fsp3) is 0.421. The van der Waals surface area contributed by atoms with Crippen LogP contribution in [0.15, 0.2) is 41.0 Å². The maximum absolute atomic E-state index is 12.5. The van der Waals surface area contributed by atoms with Gasteiger partial charge in [-0.25, -0.2) is 0 Å². The Labute approximate surface area is 143 Å². The molecule has 0 spiro atoms. The number of amides is 1. The molecule has 0 aliphatic heterocycles. The molecule has 1 heterocycles. The van der Waals surface area contributed by atoms with Crippen LogP contribution in [0.3, 0.4) is 0 Å². The molecule has 0 fully saturated rings. The molecule has 0 aliphatic rings. The number of nitrogens with one attached hydrogen (secondary N) is 1. The summed E-state index contributed by atoms with van der Waals surface area (Å²) in [6.45, 7) is 6.87. The van der Waals surface area contributed by atoms with Crippen molar-refractivity contribution in [1.82, 2.24) is 5.32 Å². The van der Waals surface area contributed by atoms with Crippen molar-refractivity contribution < 1.29 is 18.7 Å². The second kappa shape index (κ2) is 9.01. The highest BCUT2D eigenvalue weighted by molar-refractivity contribution is 5.95. The van der Waals surface area contributed by atoms with Gasteiger partial charge < -0.3 is 19.2 Å². The average Bonchev–Trinajstić information content (AvgIpc) is 3.07. The zero-order valence-electron chi connectivity index (χ0n) is 14.5. The molecule has 5 heteroatoms. The van der Waals surface area contributed by atoms with E-state index in [1.54, 1.807) is 24.5 Å². The molecule has 2 aromatic rings. The lowest BCUT2D eigenvalue weighted by Gasteiger charge is -2.15. The highest BCUT2D eigenvalue weighted by Crippen LogP contribution is 2.23. The van der Waals surface area contributed by atoms with Gasteiger partial charge in [0.15, 0.2) is 0 Å². The number of furan rings is 1. The molecule has 0 saturated carbocycles. The van der Waals surface area contributed by atoms with Crippen molar-refractivity contribution in [1.29, 1.82) is 0 Å². The summed E-state index contributed by atoms with van der Waals surface area (Å²) in [4.78, 5) is 12.5. The lowest BCUT2D eigenvalue weighted by atomic mass is 10.1. The van der Waals surface area contributed by atoms with E-state index in [-0.39, 0.29) is 11.9 Å². The van der Waals surface area contributed by atoms with Gasteiger partial charge in [0.05, 0.1) is 19.5 Å². The van der Waals surface area contributed by atoms with Crippen LogP contribution in [0.25, 0.3) is 0 Å². The van der Waals surface area contributed by atoms with E-state index in [1.807, 2.05) is 32.9 Å². The van der Waals surface area contributed by atoms with E-state index in [0.29, 0.717) is 30.3 Å². The van der Waals surface area contributed by atoms with Gasteiger partial charge in [-0.3, -0.25) is 4.79 Å². The third kappa shape index (κ3) is 5.33. The number of ether oxygens (including phenoxy) is 2. The molecule has 0 saturated heterocycles. The quantitative estimate of drug-likeness (QED) is 0.758. The summed E-state index contributed by atoms with van der Waals surface area (Å²) in [5.74, 6) is 2.06. The van der Waals surface area contributed by atoms with E-state index in [9.17, 15) is 4.79 Å². The van der Waals surface area contributed by atoms with Crippen LogP contribution in [0.1, 0.15) is 43.3 Å². The molecule has 0 aliphatic carbocycles. The van der Waals surface area contributed by atoms with Crippen molar-refractivity contribution in [3.8, 4) is 11.5 Å². The van der Waals surface area contributed by atoms with Crippen LogP contribution in [-0.4, -0.2) is 25.2 Å². The van der Waals surface area contributed by atoms with Crippen LogP contribution in [0.2, 0.25) is 0 Å². The summed E-state index contributed by atoms with van der Waals surface area (Å²) < 4.78 is 16.3. The van der Waals surface area contributed by atoms with Crippen LogP contribution in [0.4, 0.5) is 0 Å². The van der Waals surface area contributed by atoms with E-state index in [2.05, 4.69) is 5.32 Å². The first-order valence-corrected chi connectivity index (χ1v) is 8.36. The predicted octanol–water partition coefficient (Wildman–Crippen LogP) is 3.83. The van der Waals surface area contributed by atoms with Gasteiger partial charge in [0.25, 0.3) is 5.91 Å². The maximum atomic E-state index is 12.5. The Balaban J connectivity index is 1.99. The topological polar surface area (TPSA) is 60.7 Å². The first kappa shape index (κ1) is 17.9. The Hall–Kier alpha value is -2.43. The fourth-order valence-corrected chi connectivity index (χ4v) is 2.40. The van der Waals surface area contributed by atoms with E-state index >= 15 is 0 Å². The summed E-state index contributed by atoms with van der Waals surface area (Å²) in [6.07, 6.45) is 3.26. The molecule has 1 N–H and O–H groups in total. The first-order chi connectivity index (χ1) is 11.6. The van der Waals surface area contributed by atoms with E-state index in [0.717, 1.165) is 18.6 Å². The van der Waals surface area contributed by atoms with Crippen molar-refractivity contribution >= 4 is 5.91 Å². The van der Waals surface area contributed by atoms with Crippen LogP contribution in [0, 0.1) is 0 Å². The van der Waals surface area contributed by atoms with E-state index in [4.69, 9.17) is 13.9 Å². The Morgan fingerprint density at radius 1 is 1.17 bits per heavy atom. The summed E-state index contributed by atoms with van der Waals surface area (Å²) >= 11 is 0. The van der Waals surface area contributed by atoms with Crippen LogP contribution in [-0.2, 0) is 6.42 Å². The van der Waals surface area contributed by atoms with Crippen molar-refractivity contribution in [2.75, 3.05) is 13.2 Å². The third-order valence-corrected chi connectivity index (χ3v) is 3.55. The largest absolute Gasteiger partial charge is 0.494 e. The monoisotopic (exact) mass is 331 g/mol.